The number of nitrogens with zero attached hydrogens (tertiary/aromatic N) is 1. The Balaban J connectivity index is 2.78. The van der Waals surface area contributed by atoms with E-state index in [2.05, 4.69) is 10.3 Å². The van der Waals surface area contributed by atoms with Crippen molar-refractivity contribution >= 4 is 5.91 Å². The minimum absolute atomic E-state index is 0.0359. The lowest BCUT2D eigenvalue weighted by Gasteiger charge is -2.36. The Kier molecular flexibility index (Phi) is 5.34. The van der Waals surface area contributed by atoms with E-state index in [9.17, 15) is 4.79 Å². The lowest BCUT2D eigenvalue weighted by molar-refractivity contribution is -0.132. The maximum atomic E-state index is 12.4. The maximum Gasteiger partial charge on any atom is 0.227 e. The highest BCUT2D eigenvalue weighted by molar-refractivity contribution is 5.83. The van der Waals surface area contributed by atoms with Gasteiger partial charge in [0.15, 0.2) is 0 Å². The molecule has 0 aliphatic heterocycles. The number of carbonyl (C=O) groups is 1. The molecule has 1 aromatic heterocycles. The molecule has 1 rings (SSSR count). The second kappa shape index (κ2) is 6.43. The van der Waals surface area contributed by atoms with Crippen molar-refractivity contribution in [2.24, 2.45) is 11.1 Å². The Bertz CT molecular complexity index is 491. The summed E-state index contributed by atoms with van der Waals surface area (Å²) in [6, 6.07) is 3.72. The molecule has 5 nitrogen and oxygen atoms in total. The molecule has 5 heteroatoms. The molecule has 0 aromatic carbocycles. The summed E-state index contributed by atoms with van der Waals surface area (Å²) in [4.78, 5) is 16.6. The van der Waals surface area contributed by atoms with Gasteiger partial charge in [0.25, 0.3) is 0 Å². The second-order valence-electron chi connectivity index (χ2n) is 6.66. The van der Waals surface area contributed by atoms with Gasteiger partial charge in [0.1, 0.15) is 0 Å². The van der Waals surface area contributed by atoms with Crippen molar-refractivity contribution in [3.05, 3.63) is 23.9 Å². The molecule has 0 atom stereocenters. The van der Waals surface area contributed by atoms with Crippen molar-refractivity contribution in [1.29, 1.82) is 0 Å². The molecule has 3 N–H and O–H groups in total. The lowest BCUT2D eigenvalue weighted by atomic mass is 9.74. The van der Waals surface area contributed by atoms with E-state index in [0.29, 0.717) is 12.4 Å². The topological polar surface area (TPSA) is 77.2 Å². The minimum Gasteiger partial charge on any atom is -0.475 e. The van der Waals surface area contributed by atoms with Gasteiger partial charge in [-0.3, -0.25) is 4.79 Å². The fraction of sp³-hybridized carbons (Fsp3) is 0.625. The van der Waals surface area contributed by atoms with Gasteiger partial charge < -0.3 is 15.8 Å². The van der Waals surface area contributed by atoms with Crippen LogP contribution in [0, 0.1) is 5.41 Å². The predicted octanol–water partition coefficient (Wildman–Crippen LogP) is 2.25. The molecular formula is C16H27N3O2. The highest BCUT2D eigenvalue weighted by atomic mass is 16.5. The van der Waals surface area contributed by atoms with Crippen molar-refractivity contribution in [2.45, 2.75) is 59.7 Å². The first kappa shape index (κ1) is 17.4. The monoisotopic (exact) mass is 293 g/mol. The molecule has 1 aromatic rings. The minimum atomic E-state index is -0.672. The van der Waals surface area contributed by atoms with Crippen LogP contribution in [0.3, 0.4) is 0 Å². The number of nitrogens with two attached hydrogens (primary N) is 1. The third kappa shape index (κ3) is 4.43. The van der Waals surface area contributed by atoms with Gasteiger partial charge >= 0.3 is 0 Å². The summed E-state index contributed by atoms with van der Waals surface area (Å²) in [5, 5.41) is 2.92. The Labute approximate surface area is 127 Å². The summed E-state index contributed by atoms with van der Waals surface area (Å²) in [6.07, 6.45) is 1.71. The standard InChI is InChI=1S/C16H27N3O2/c1-11(2)21-13-12(8-7-9-18-13)10-19-14(20)15(3,4)16(5,6)17/h7-9,11H,10,17H2,1-6H3,(H,19,20). The van der Waals surface area contributed by atoms with Gasteiger partial charge in [0, 0.05) is 23.8 Å². The number of aromatic nitrogens is 1. The number of ether oxygens (including phenoxy) is 1. The summed E-state index contributed by atoms with van der Waals surface area (Å²) >= 11 is 0. The summed E-state index contributed by atoms with van der Waals surface area (Å²) in [6.45, 7) is 11.6. The molecule has 0 fully saturated rings. The molecule has 0 saturated carbocycles. The van der Waals surface area contributed by atoms with Gasteiger partial charge in [-0.25, -0.2) is 4.98 Å². The zero-order chi connectivity index (χ0) is 16.3. The molecule has 21 heavy (non-hydrogen) atoms. The molecule has 0 bridgehead atoms. The highest BCUT2D eigenvalue weighted by Gasteiger charge is 2.40. The molecule has 0 unspecified atom stereocenters. The largest absolute Gasteiger partial charge is 0.475 e. The second-order valence-corrected chi connectivity index (χ2v) is 6.66. The number of nitrogens with one attached hydrogen (secondary N) is 1. The quantitative estimate of drug-likeness (QED) is 0.843. The third-order valence-corrected chi connectivity index (χ3v) is 3.82. The Morgan fingerprint density at radius 1 is 1.38 bits per heavy atom. The number of hydrogen-bond donors (Lipinski definition) is 2. The fourth-order valence-electron chi connectivity index (χ4n) is 1.58. The average Bonchev–Trinajstić information content (AvgIpc) is 2.35. The van der Waals surface area contributed by atoms with Crippen molar-refractivity contribution in [3.63, 3.8) is 0 Å². The molecule has 0 spiro atoms. The number of hydrogen-bond acceptors (Lipinski definition) is 4. The molecule has 0 aliphatic rings. The zero-order valence-corrected chi connectivity index (χ0v) is 13.9. The van der Waals surface area contributed by atoms with Crippen molar-refractivity contribution < 1.29 is 9.53 Å². The van der Waals surface area contributed by atoms with Crippen LogP contribution in [0.1, 0.15) is 47.1 Å². The summed E-state index contributed by atoms with van der Waals surface area (Å²) in [5.41, 5.74) is 5.65. The van der Waals surface area contributed by atoms with Crippen LogP contribution in [-0.2, 0) is 11.3 Å². The molecule has 0 saturated heterocycles. The van der Waals surface area contributed by atoms with Crippen LogP contribution in [0.5, 0.6) is 5.88 Å². The normalized spacial score (nSPS) is 12.4. The van der Waals surface area contributed by atoms with Crippen molar-refractivity contribution in [2.75, 3.05) is 0 Å². The molecular weight excluding hydrogens is 266 g/mol. The number of pyridine rings is 1. The number of carbonyl (C=O) groups excluding carboxylic acids is 1. The summed E-state index contributed by atoms with van der Waals surface area (Å²) in [7, 11) is 0. The van der Waals surface area contributed by atoms with Crippen LogP contribution >= 0.6 is 0 Å². The molecule has 1 amide bonds. The molecule has 0 aliphatic carbocycles. The lowest BCUT2D eigenvalue weighted by Crippen LogP contribution is -2.55. The Hall–Kier alpha value is -1.62. The van der Waals surface area contributed by atoms with Gasteiger partial charge in [-0.05, 0) is 47.6 Å². The first-order valence-corrected chi connectivity index (χ1v) is 7.23. The van der Waals surface area contributed by atoms with E-state index in [4.69, 9.17) is 10.5 Å². The van der Waals surface area contributed by atoms with Crippen molar-refractivity contribution in [1.82, 2.24) is 10.3 Å². The number of rotatable bonds is 6. The van der Waals surface area contributed by atoms with Crippen LogP contribution in [0.2, 0.25) is 0 Å². The molecule has 0 radical (unpaired) electrons. The van der Waals surface area contributed by atoms with Gasteiger partial charge in [-0.1, -0.05) is 6.07 Å². The van der Waals surface area contributed by atoms with Crippen LogP contribution in [0.15, 0.2) is 18.3 Å². The van der Waals surface area contributed by atoms with E-state index < -0.39 is 11.0 Å². The maximum absolute atomic E-state index is 12.4. The van der Waals surface area contributed by atoms with E-state index in [-0.39, 0.29) is 12.0 Å². The van der Waals surface area contributed by atoms with Gasteiger partial charge in [0.05, 0.1) is 11.5 Å². The van der Waals surface area contributed by atoms with Crippen LogP contribution < -0.4 is 15.8 Å². The SMILES string of the molecule is CC(C)Oc1ncccc1CNC(=O)C(C)(C)C(C)(C)N. The highest BCUT2D eigenvalue weighted by Crippen LogP contribution is 2.28. The molecule has 1 heterocycles. The van der Waals surface area contributed by atoms with Crippen molar-refractivity contribution in [3.8, 4) is 5.88 Å². The molecule has 118 valence electrons. The van der Waals surface area contributed by atoms with E-state index in [1.54, 1.807) is 6.20 Å². The third-order valence-electron chi connectivity index (χ3n) is 3.82. The van der Waals surface area contributed by atoms with Crippen LogP contribution in [0.25, 0.3) is 0 Å². The summed E-state index contributed by atoms with van der Waals surface area (Å²) in [5.74, 6) is 0.465. The van der Waals surface area contributed by atoms with E-state index in [0.717, 1.165) is 5.56 Å². The zero-order valence-electron chi connectivity index (χ0n) is 13.9. The Morgan fingerprint density at radius 3 is 2.52 bits per heavy atom. The van der Waals surface area contributed by atoms with Crippen LogP contribution in [0.4, 0.5) is 0 Å². The van der Waals surface area contributed by atoms with E-state index >= 15 is 0 Å². The van der Waals surface area contributed by atoms with Gasteiger partial charge in [-0.15, -0.1) is 0 Å². The van der Waals surface area contributed by atoms with E-state index in [1.165, 1.54) is 0 Å². The smallest absolute Gasteiger partial charge is 0.227 e. The van der Waals surface area contributed by atoms with E-state index in [1.807, 2.05) is 53.7 Å². The van der Waals surface area contributed by atoms with Gasteiger partial charge in [0.2, 0.25) is 11.8 Å². The average molecular weight is 293 g/mol. The fourth-order valence-corrected chi connectivity index (χ4v) is 1.58. The Morgan fingerprint density at radius 2 is 2.00 bits per heavy atom. The van der Waals surface area contributed by atoms with Crippen LogP contribution in [-0.4, -0.2) is 22.5 Å². The first-order chi connectivity index (χ1) is 9.55. The van der Waals surface area contributed by atoms with Gasteiger partial charge in [-0.2, -0.15) is 0 Å². The number of amides is 1. The summed E-state index contributed by atoms with van der Waals surface area (Å²) < 4.78 is 5.64. The first-order valence-electron chi connectivity index (χ1n) is 7.23. The predicted molar refractivity (Wildman–Crippen MR) is 83.9 cm³/mol.